The third-order valence-corrected chi connectivity index (χ3v) is 3.73. The van der Waals surface area contributed by atoms with Crippen LogP contribution in [-0.4, -0.2) is 29.7 Å². The number of hydrogen-bond donors (Lipinski definition) is 1. The first-order chi connectivity index (χ1) is 11.5. The summed E-state index contributed by atoms with van der Waals surface area (Å²) in [5, 5.41) is 2.81. The molecule has 1 atom stereocenters. The van der Waals surface area contributed by atoms with Crippen molar-refractivity contribution in [1.29, 1.82) is 0 Å². The summed E-state index contributed by atoms with van der Waals surface area (Å²) in [6.45, 7) is 2.45. The van der Waals surface area contributed by atoms with E-state index in [4.69, 9.17) is 9.47 Å². The van der Waals surface area contributed by atoms with Gasteiger partial charge in [-0.15, -0.1) is 0 Å². The van der Waals surface area contributed by atoms with Crippen LogP contribution in [0.25, 0.3) is 0 Å². The topological polar surface area (TPSA) is 65.4 Å². The Hall–Kier alpha value is -2.57. The molecule has 1 unspecified atom stereocenters. The van der Waals surface area contributed by atoms with Gasteiger partial charge in [0.15, 0.2) is 11.5 Å². The van der Waals surface area contributed by atoms with Crippen LogP contribution < -0.4 is 14.8 Å². The first-order valence-corrected chi connectivity index (χ1v) is 7.71. The highest BCUT2D eigenvalue weighted by molar-refractivity contribution is 5.76. The molecule has 24 heavy (non-hydrogen) atoms. The maximum atomic E-state index is 14.2. The molecule has 1 heterocycles. The van der Waals surface area contributed by atoms with Crippen molar-refractivity contribution in [2.75, 3.05) is 14.2 Å². The third kappa shape index (κ3) is 4.47. The van der Waals surface area contributed by atoms with E-state index in [0.717, 1.165) is 0 Å². The molecule has 2 rings (SSSR count). The Balaban J connectivity index is 1.93. The van der Waals surface area contributed by atoms with Gasteiger partial charge in [0.25, 0.3) is 0 Å². The first-order valence-electron chi connectivity index (χ1n) is 7.71. The summed E-state index contributed by atoms with van der Waals surface area (Å²) in [5.74, 6) is 0.170. The second-order valence-electron chi connectivity index (χ2n) is 5.42. The second kappa shape index (κ2) is 8.33. The highest BCUT2D eigenvalue weighted by atomic mass is 19.1. The van der Waals surface area contributed by atoms with Gasteiger partial charge >= 0.3 is 0 Å². The zero-order chi connectivity index (χ0) is 17.5. The SMILES string of the molecule is COc1cc(F)c(C(C)NC(=O)CCCn2ccnc2)cc1OC. The summed E-state index contributed by atoms with van der Waals surface area (Å²) in [5.41, 5.74) is 0.357. The number of ether oxygens (including phenoxy) is 2. The van der Waals surface area contributed by atoms with E-state index in [0.29, 0.717) is 36.4 Å². The monoisotopic (exact) mass is 335 g/mol. The number of carbonyl (C=O) groups excluding carboxylic acids is 1. The quantitative estimate of drug-likeness (QED) is 0.805. The van der Waals surface area contributed by atoms with Gasteiger partial charge in [-0.2, -0.15) is 0 Å². The van der Waals surface area contributed by atoms with Crippen LogP contribution in [0.5, 0.6) is 11.5 Å². The number of nitrogens with zero attached hydrogens (tertiary/aromatic N) is 2. The van der Waals surface area contributed by atoms with Crippen molar-refractivity contribution < 1.29 is 18.7 Å². The highest BCUT2D eigenvalue weighted by Gasteiger charge is 2.17. The molecule has 1 N–H and O–H groups in total. The van der Waals surface area contributed by atoms with Gasteiger partial charge in [0.1, 0.15) is 5.82 Å². The number of aromatic nitrogens is 2. The zero-order valence-electron chi connectivity index (χ0n) is 14.1. The molecule has 0 saturated heterocycles. The van der Waals surface area contributed by atoms with E-state index in [1.54, 1.807) is 25.5 Å². The van der Waals surface area contributed by atoms with Crippen molar-refractivity contribution in [2.24, 2.45) is 0 Å². The Bertz CT molecular complexity index is 674. The summed E-state index contributed by atoms with van der Waals surface area (Å²) in [6, 6.07) is 2.34. The van der Waals surface area contributed by atoms with Gasteiger partial charge < -0.3 is 19.4 Å². The molecule has 7 heteroatoms. The molecule has 6 nitrogen and oxygen atoms in total. The van der Waals surface area contributed by atoms with Gasteiger partial charge in [-0.05, 0) is 19.4 Å². The second-order valence-corrected chi connectivity index (χ2v) is 5.42. The molecular weight excluding hydrogens is 313 g/mol. The van der Waals surface area contributed by atoms with Gasteiger partial charge in [0.05, 0.1) is 26.6 Å². The fourth-order valence-corrected chi connectivity index (χ4v) is 2.43. The maximum Gasteiger partial charge on any atom is 0.220 e. The van der Waals surface area contributed by atoms with Gasteiger partial charge in [-0.25, -0.2) is 9.37 Å². The summed E-state index contributed by atoms with van der Waals surface area (Å²) in [4.78, 5) is 16.0. The Kier molecular flexibility index (Phi) is 6.17. The lowest BCUT2D eigenvalue weighted by atomic mass is 10.1. The molecule has 1 aromatic heterocycles. The van der Waals surface area contributed by atoms with Crippen LogP contribution in [-0.2, 0) is 11.3 Å². The lowest BCUT2D eigenvalue weighted by Crippen LogP contribution is -2.27. The fourth-order valence-electron chi connectivity index (χ4n) is 2.43. The number of carbonyl (C=O) groups is 1. The molecule has 0 aliphatic rings. The number of imidazole rings is 1. The van der Waals surface area contributed by atoms with E-state index < -0.39 is 11.9 Å². The molecule has 0 saturated carbocycles. The largest absolute Gasteiger partial charge is 0.493 e. The molecular formula is C17H22FN3O3. The molecule has 0 aliphatic carbocycles. The number of halogens is 1. The van der Waals surface area contributed by atoms with Crippen LogP contribution >= 0.6 is 0 Å². The van der Waals surface area contributed by atoms with Crippen molar-refractivity contribution in [3.05, 3.63) is 42.2 Å². The molecule has 0 spiro atoms. The van der Waals surface area contributed by atoms with Gasteiger partial charge in [0, 0.05) is 37.0 Å². The number of hydrogen-bond acceptors (Lipinski definition) is 4. The van der Waals surface area contributed by atoms with E-state index >= 15 is 0 Å². The predicted molar refractivity (Wildman–Crippen MR) is 87.5 cm³/mol. The molecule has 0 fully saturated rings. The third-order valence-electron chi connectivity index (χ3n) is 3.73. The number of aryl methyl sites for hydroxylation is 1. The fraction of sp³-hybridized carbons (Fsp3) is 0.412. The van der Waals surface area contributed by atoms with Crippen molar-refractivity contribution in [2.45, 2.75) is 32.4 Å². The van der Waals surface area contributed by atoms with Crippen LogP contribution in [0.3, 0.4) is 0 Å². The average Bonchev–Trinajstić information content (AvgIpc) is 3.07. The lowest BCUT2D eigenvalue weighted by Gasteiger charge is -2.17. The molecule has 0 radical (unpaired) electrons. The molecule has 2 aromatic rings. The van der Waals surface area contributed by atoms with Gasteiger partial charge in [-0.1, -0.05) is 0 Å². The van der Waals surface area contributed by atoms with Crippen molar-refractivity contribution >= 4 is 5.91 Å². The summed E-state index contributed by atoms with van der Waals surface area (Å²) in [7, 11) is 2.93. The number of benzene rings is 1. The predicted octanol–water partition coefficient (Wildman–Crippen LogP) is 2.70. The molecule has 1 amide bonds. The smallest absolute Gasteiger partial charge is 0.220 e. The maximum absolute atomic E-state index is 14.2. The van der Waals surface area contributed by atoms with E-state index in [1.165, 1.54) is 20.3 Å². The summed E-state index contributed by atoms with van der Waals surface area (Å²) < 4.78 is 26.3. The van der Waals surface area contributed by atoms with E-state index in [-0.39, 0.29) is 5.91 Å². The summed E-state index contributed by atoms with van der Waals surface area (Å²) in [6.07, 6.45) is 6.29. The Labute approximate surface area is 140 Å². The Morgan fingerprint density at radius 3 is 2.67 bits per heavy atom. The molecule has 1 aromatic carbocycles. The number of rotatable bonds is 8. The van der Waals surface area contributed by atoms with E-state index in [1.807, 2.05) is 10.8 Å². The Morgan fingerprint density at radius 2 is 2.04 bits per heavy atom. The van der Waals surface area contributed by atoms with Crippen LogP contribution in [0.2, 0.25) is 0 Å². The van der Waals surface area contributed by atoms with Crippen LogP contribution in [0.15, 0.2) is 30.9 Å². The molecule has 0 aliphatic heterocycles. The normalized spacial score (nSPS) is 11.8. The first kappa shape index (κ1) is 17.8. The number of amides is 1. The van der Waals surface area contributed by atoms with Crippen molar-refractivity contribution in [3.63, 3.8) is 0 Å². The van der Waals surface area contributed by atoms with Crippen LogP contribution in [0, 0.1) is 5.82 Å². The number of nitrogens with one attached hydrogen (secondary N) is 1. The van der Waals surface area contributed by atoms with Gasteiger partial charge in [-0.3, -0.25) is 4.79 Å². The summed E-state index contributed by atoms with van der Waals surface area (Å²) >= 11 is 0. The van der Waals surface area contributed by atoms with E-state index in [2.05, 4.69) is 10.3 Å². The average molecular weight is 335 g/mol. The standard InChI is InChI=1S/C17H22FN3O3/c1-12(13-9-15(23-2)16(24-3)10-14(13)18)20-17(22)5-4-7-21-8-6-19-11-21/h6,8-12H,4-5,7H2,1-3H3,(H,20,22). The van der Waals surface area contributed by atoms with Gasteiger partial charge in [0.2, 0.25) is 5.91 Å². The minimum absolute atomic E-state index is 0.128. The highest BCUT2D eigenvalue weighted by Crippen LogP contribution is 2.32. The zero-order valence-corrected chi connectivity index (χ0v) is 14.1. The van der Waals surface area contributed by atoms with Crippen LogP contribution in [0.1, 0.15) is 31.4 Å². The molecule has 0 bridgehead atoms. The van der Waals surface area contributed by atoms with Crippen LogP contribution in [0.4, 0.5) is 4.39 Å². The minimum Gasteiger partial charge on any atom is -0.493 e. The lowest BCUT2D eigenvalue weighted by molar-refractivity contribution is -0.121. The minimum atomic E-state index is -0.467. The van der Waals surface area contributed by atoms with Crippen molar-refractivity contribution in [1.82, 2.24) is 14.9 Å². The Morgan fingerprint density at radius 1 is 1.33 bits per heavy atom. The number of methoxy groups -OCH3 is 2. The van der Waals surface area contributed by atoms with E-state index in [9.17, 15) is 9.18 Å². The van der Waals surface area contributed by atoms with Crippen molar-refractivity contribution in [3.8, 4) is 11.5 Å². The molecule has 130 valence electrons.